The molecule has 1 heterocycles. The van der Waals surface area contributed by atoms with E-state index in [0.29, 0.717) is 13.0 Å². The average Bonchev–Trinajstić information content (AvgIpc) is 2.07. The molecule has 1 saturated heterocycles. The van der Waals surface area contributed by atoms with Crippen LogP contribution in [-0.4, -0.2) is 23.3 Å². The number of cyclic esters (lactones) is 1. The van der Waals surface area contributed by atoms with Crippen LogP contribution in [0, 0.1) is 0 Å². The summed E-state index contributed by atoms with van der Waals surface area (Å²) in [7, 11) is 0. The Hall–Kier alpha value is 0.0500. The molecule has 1 aliphatic heterocycles. The highest BCUT2D eigenvalue weighted by atomic mass is 35.5. The first kappa shape index (κ1) is 10.1. The normalized spacial score (nSPS) is 33.0. The maximum absolute atomic E-state index is 11.1. The Balaban J connectivity index is 2.46. The first-order valence-electron chi connectivity index (χ1n) is 4.15. The van der Waals surface area contributed by atoms with Crippen molar-refractivity contribution in [3.63, 3.8) is 0 Å². The van der Waals surface area contributed by atoms with E-state index in [2.05, 4.69) is 0 Å². The molecule has 0 N–H and O–H groups in total. The molecule has 0 bridgehead atoms. The Bertz CT molecular complexity index is 161. The zero-order valence-electron chi connectivity index (χ0n) is 6.76. The zero-order chi connectivity index (χ0) is 8.97. The van der Waals surface area contributed by atoms with Gasteiger partial charge in [0, 0.05) is 5.38 Å². The van der Waals surface area contributed by atoms with Gasteiger partial charge >= 0.3 is 5.97 Å². The highest BCUT2D eigenvalue weighted by Gasteiger charge is 2.22. The second-order valence-electron chi connectivity index (χ2n) is 2.96. The lowest BCUT2D eigenvalue weighted by atomic mass is 10.1. The summed E-state index contributed by atoms with van der Waals surface area (Å²) < 4.78 is 4.89. The van der Waals surface area contributed by atoms with Gasteiger partial charge in [-0.1, -0.05) is 0 Å². The summed E-state index contributed by atoms with van der Waals surface area (Å²) in [6.07, 6.45) is 3.33. The molecule has 1 fully saturated rings. The molecule has 2 atom stereocenters. The molecule has 0 aromatic heterocycles. The van der Waals surface area contributed by atoms with Crippen molar-refractivity contribution in [2.45, 2.75) is 36.4 Å². The van der Waals surface area contributed by atoms with Crippen LogP contribution in [0.3, 0.4) is 0 Å². The molecule has 0 aromatic rings. The van der Waals surface area contributed by atoms with Crippen molar-refractivity contribution in [3.8, 4) is 0 Å². The van der Waals surface area contributed by atoms with Crippen LogP contribution in [0.25, 0.3) is 0 Å². The fraction of sp³-hybridized carbons (Fsp3) is 0.875. The summed E-state index contributed by atoms with van der Waals surface area (Å²) in [5.74, 6) is -0.329. The molecular weight excluding hydrogens is 199 g/mol. The van der Waals surface area contributed by atoms with E-state index in [4.69, 9.17) is 27.9 Å². The van der Waals surface area contributed by atoms with Gasteiger partial charge in [0.15, 0.2) is 0 Å². The van der Waals surface area contributed by atoms with E-state index >= 15 is 0 Å². The van der Waals surface area contributed by atoms with E-state index in [1.807, 2.05) is 0 Å². The van der Waals surface area contributed by atoms with Gasteiger partial charge in [0.05, 0.1) is 6.61 Å². The SMILES string of the molecule is O=C1OCCCCC(Cl)CC1Cl. The molecule has 2 nitrogen and oxygen atoms in total. The third-order valence-electron chi connectivity index (χ3n) is 1.87. The Morgan fingerprint density at radius 1 is 1.33 bits per heavy atom. The second kappa shape index (κ2) is 4.93. The minimum absolute atomic E-state index is 0.0122. The Morgan fingerprint density at radius 3 is 2.83 bits per heavy atom. The smallest absolute Gasteiger partial charge is 0.324 e. The predicted molar refractivity (Wildman–Crippen MR) is 48.7 cm³/mol. The lowest BCUT2D eigenvalue weighted by Gasteiger charge is -2.09. The van der Waals surface area contributed by atoms with E-state index in [-0.39, 0.29) is 11.3 Å². The van der Waals surface area contributed by atoms with E-state index in [0.717, 1.165) is 19.3 Å². The van der Waals surface area contributed by atoms with Gasteiger partial charge in [-0.2, -0.15) is 0 Å². The van der Waals surface area contributed by atoms with Crippen LogP contribution in [-0.2, 0) is 9.53 Å². The molecule has 0 radical (unpaired) electrons. The van der Waals surface area contributed by atoms with E-state index in [1.54, 1.807) is 0 Å². The van der Waals surface area contributed by atoms with Gasteiger partial charge in [-0.25, -0.2) is 0 Å². The maximum Gasteiger partial charge on any atom is 0.324 e. The minimum Gasteiger partial charge on any atom is -0.465 e. The Morgan fingerprint density at radius 2 is 2.08 bits per heavy atom. The first-order chi connectivity index (χ1) is 5.70. The molecule has 70 valence electrons. The molecule has 0 saturated carbocycles. The predicted octanol–water partition coefficient (Wildman–Crippen LogP) is 2.32. The summed E-state index contributed by atoms with van der Waals surface area (Å²) in [6, 6.07) is 0. The van der Waals surface area contributed by atoms with Crippen molar-refractivity contribution in [3.05, 3.63) is 0 Å². The molecule has 0 spiro atoms. The van der Waals surface area contributed by atoms with Crippen molar-refractivity contribution in [1.29, 1.82) is 0 Å². The number of carbonyl (C=O) groups excluding carboxylic acids is 1. The first-order valence-corrected chi connectivity index (χ1v) is 5.02. The molecule has 0 amide bonds. The van der Waals surface area contributed by atoms with Crippen LogP contribution in [0.1, 0.15) is 25.7 Å². The molecule has 4 heteroatoms. The Kier molecular flexibility index (Phi) is 4.16. The summed E-state index contributed by atoms with van der Waals surface area (Å²) in [5.41, 5.74) is 0. The van der Waals surface area contributed by atoms with Gasteiger partial charge in [0.25, 0.3) is 0 Å². The lowest BCUT2D eigenvalue weighted by Crippen LogP contribution is -2.20. The number of hydrogen-bond acceptors (Lipinski definition) is 2. The minimum atomic E-state index is -0.564. The van der Waals surface area contributed by atoms with Crippen molar-refractivity contribution in [2.75, 3.05) is 6.61 Å². The monoisotopic (exact) mass is 210 g/mol. The van der Waals surface area contributed by atoms with Crippen molar-refractivity contribution in [1.82, 2.24) is 0 Å². The van der Waals surface area contributed by atoms with Crippen LogP contribution < -0.4 is 0 Å². The van der Waals surface area contributed by atoms with Crippen LogP contribution in [0.15, 0.2) is 0 Å². The second-order valence-corrected chi connectivity index (χ2v) is 4.11. The lowest BCUT2D eigenvalue weighted by molar-refractivity contribution is -0.143. The van der Waals surface area contributed by atoms with Gasteiger partial charge in [-0.3, -0.25) is 4.79 Å². The number of ether oxygens (including phenoxy) is 1. The van der Waals surface area contributed by atoms with Gasteiger partial charge in [-0.05, 0) is 25.7 Å². The summed E-state index contributed by atoms with van der Waals surface area (Å²) in [6.45, 7) is 0.478. The van der Waals surface area contributed by atoms with Crippen LogP contribution in [0.4, 0.5) is 0 Å². The quantitative estimate of drug-likeness (QED) is 0.454. The number of rotatable bonds is 0. The van der Waals surface area contributed by atoms with E-state index in [9.17, 15) is 4.79 Å². The van der Waals surface area contributed by atoms with Crippen LogP contribution >= 0.6 is 23.2 Å². The van der Waals surface area contributed by atoms with Crippen molar-refractivity contribution in [2.24, 2.45) is 0 Å². The number of carbonyl (C=O) groups is 1. The summed E-state index contributed by atoms with van der Waals surface area (Å²) >= 11 is 11.7. The number of alkyl halides is 2. The topological polar surface area (TPSA) is 26.3 Å². The van der Waals surface area contributed by atoms with Crippen molar-refractivity contribution < 1.29 is 9.53 Å². The highest BCUT2D eigenvalue weighted by molar-refractivity contribution is 6.30. The fourth-order valence-electron chi connectivity index (χ4n) is 1.17. The van der Waals surface area contributed by atoms with Gasteiger partial charge < -0.3 is 4.74 Å². The maximum atomic E-state index is 11.1. The molecule has 12 heavy (non-hydrogen) atoms. The summed E-state index contributed by atoms with van der Waals surface area (Å²) in [5, 5.41) is -0.552. The van der Waals surface area contributed by atoms with Gasteiger partial charge in [0.2, 0.25) is 0 Å². The standard InChI is InChI=1S/C8H12Cl2O2/c9-6-3-1-2-4-12-8(11)7(10)5-6/h6-7H,1-5H2. The number of esters is 1. The molecule has 1 aliphatic rings. The molecule has 0 aromatic carbocycles. The van der Waals surface area contributed by atoms with Crippen molar-refractivity contribution >= 4 is 29.2 Å². The van der Waals surface area contributed by atoms with Crippen LogP contribution in [0.5, 0.6) is 0 Å². The van der Waals surface area contributed by atoms with Gasteiger partial charge in [-0.15, -0.1) is 23.2 Å². The number of halogens is 2. The number of hydrogen-bond donors (Lipinski definition) is 0. The van der Waals surface area contributed by atoms with Crippen LogP contribution in [0.2, 0.25) is 0 Å². The average molecular weight is 211 g/mol. The molecule has 1 rings (SSSR count). The third kappa shape index (κ3) is 3.20. The Labute approximate surface area is 82.2 Å². The summed E-state index contributed by atoms with van der Waals surface area (Å²) in [4.78, 5) is 11.1. The third-order valence-corrected chi connectivity index (χ3v) is 2.63. The fourth-order valence-corrected chi connectivity index (χ4v) is 1.87. The molecule has 0 aliphatic carbocycles. The molecular formula is C8H12Cl2O2. The largest absolute Gasteiger partial charge is 0.465 e. The molecule has 2 unspecified atom stereocenters. The zero-order valence-corrected chi connectivity index (χ0v) is 8.27. The van der Waals surface area contributed by atoms with E-state index < -0.39 is 5.38 Å². The van der Waals surface area contributed by atoms with E-state index in [1.165, 1.54) is 0 Å². The van der Waals surface area contributed by atoms with Gasteiger partial charge in [0.1, 0.15) is 5.38 Å². The highest BCUT2D eigenvalue weighted by Crippen LogP contribution is 2.19.